The molecule has 4 heteroatoms. The van der Waals surface area contributed by atoms with Gasteiger partial charge in [-0.1, -0.05) is 49.6 Å². The van der Waals surface area contributed by atoms with Crippen LogP contribution in [0.4, 0.5) is 0 Å². The van der Waals surface area contributed by atoms with Crippen molar-refractivity contribution in [2.75, 3.05) is 6.61 Å². The first-order valence-electron chi connectivity index (χ1n) is 9.85. The highest BCUT2D eigenvalue weighted by Gasteiger charge is 2.50. The Balaban J connectivity index is 1.30. The lowest BCUT2D eigenvalue weighted by molar-refractivity contribution is 0.00578. The highest BCUT2D eigenvalue weighted by atomic mass is 16.7. The van der Waals surface area contributed by atoms with Crippen LogP contribution in [0, 0.1) is 0 Å². The van der Waals surface area contributed by atoms with E-state index in [-0.39, 0.29) is 18.3 Å². The Morgan fingerprint density at radius 1 is 0.808 bits per heavy atom. The van der Waals surface area contributed by atoms with Crippen LogP contribution < -0.4 is 4.74 Å². The van der Waals surface area contributed by atoms with Crippen molar-refractivity contribution in [3.63, 3.8) is 0 Å². The maximum absolute atomic E-state index is 6.04. The third-order valence-electron chi connectivity index (χ3n) is 5.63. The Morgan fingerprint density at radius 2 is 1.46 bits per heavy atom. The lowest BCUT2D eigenvalue weighted by Gasteiger charge is -2.32. The van der Waals surface area contributed by atoms with E-state index in [1.807, 2.05) is 0 Å². The fraction of sp³-hybridized carbons (Fsp3) is 0.545. The van der Waals surface area contributed by atoms with Crippen LogP contribution in [0.3, 0.4) is 0 Å². The summed E-state index contributed by atoms with van der Waals surface area (Å²) >= 11 is 0. The average Bonchev–Trinajstić information content (AvgIpc) is 2.80. The Hall–Kier alpha value is -1.52. The van der Waals surface area contributed by atoms with E-state index in [0.29, 0.717) is 0 Å². The largest absolute Gasteiger partial charge is 0.494 e. The van der Waals surface area contributed by atoms with Crippen molar-refractivity contribution in [3.05, 3.63) is 42.5 Å². The first-order valence-corrected chi connectivity index (χ1v) is 9.85. The quantitative estimate of drug-likeness (QED) is 0.438. The summed E-state index contributed by atoms with van der Waals surface area (Å²) < 4.78 is 18.0. The third-order valence-corrected chi connectivity index (χ3v) is 5.63. The molecule has 1 fully saturated rings. The number of fused-ring (bicyclic) bond motifs is 1. The van der Waals surface area contributed by atoms with E-state index in [0.717, 1.165) is 31.5 Å². The van der Waals surface area contributed by atoms with Crippen LogP contribution in [0.25, 0.3) is 10.8 Å². The second-order valence-corrected chi connectivity index (χ2v) is 8.25. The van der Waals surface area contributed by atoms with Crippen LogP contribution in [-0.2, 0) is 9.31 Å². The summed E-state index contributed by atoms with van der Waals surface area (Å²) in [7, 11) is -0.0613. The number of unbranched alkanes of at least 4 members (excludes halogenated alkanes) is 3. The van der Waals surface area contributed by atoms with Gasteiger partial charge in [0.05, 0.1) is 17.8 Å². The topological polar surface area (TPSA) is 27.7 Å². The highest BCUT2D eigenvalue weighted by molar-refractivity contribution is 6.45. The van der Waals surface area contributed by atoms with E-state index in [1.165, 1.54) is 23.6 Å². The Kier molecular flexibility index (Phi) is 5.94. The summed E-state index contributed by atoms with van der Waals surface area (Å²) in [5.41, 5.74) is -0.434. The average molecular weight is 354 g/mol. The molecule has 0 unspecified atom stereocenters. The number of ether oxygens (including phenoxy) is 1. The molecule has 1 saturated heterocycles. The van der Waals surface area contributed by atoms with Crippen LogP contribution in [0.2, 0.25) is 6.32 Å². The van der Waals surface area contributed by atoms with Crippen molar-refractivity contribution >= 4 is 17.9 Å². The molecule has 1 aliphatic heterocycles. The molecule has 0 amide bonds. The van der Waals surface area contributed by atoms with Gasteiger partial charge < -0.3 is 14.0 Å². The van der Waals surface area contributed by atoms with Crippen molar-refractivity contribution in [3.8, 4) is 5.75 Å². The first-order chi connectivity index (χ1) is 12.4. The van der Waals surface area contributed by atoms with Gasteiger partial charge in [0.2, 0.25) is 0 Å². The maximum Gasteiger partial charge on any atom is 0.457 e. The molecule has 140 valence electrons. The summed E-state index contributed by atoms with van der Waals surface area (Å²) in [6.45, 7) is 9.21. The molecule has 26 heavy (non-hydrogen) atoms. The minimum atomic E-state index is -0.217. The zero-order valence-electron chi connectivity index (χ0n) is 16.6. The SMILES string of the molecule is CC1(C)OB(CCCCCCOc2ccc3ccccc3c2)OC1(C)C. The van der Waals surface area contributed by atoms with Crippen molar-refractivity contribution < 1.29 is 14.0 Å². The number of hydrogen-bond donors (Lipinski definition) is 0. The van der Waals surface area contributed by atoms with Gasteiger partial charge in [-0.2, -0.15) is 0 Å². The monoisotopic (exact) mass is 354 g/mol. The highest BCUT2D eigenvalue weighted by Crippen LogP contribution is 2.38. The van der Waals surface area contributed by atoms with Gasteiger partial charge >= 0.3 is 7.12 Å². The molecule has 2 aromatic carbocycles. The van der Waals surface area contributed by atoms with E-state index in [2.05, 4.69) is 70.2 Å². The van der Waals surface area contributed by atoms with Crippen LogP contribution >= 0.6 is 0 Å². The Bertz CT molecular complexity index is 710. The molecule has 0 aromatic heterocycles. The summed E-state index contributed by atoms with van der Waals surface area (Å²) in [5, 5.41) is 2.48. The summed E-state index contributed by atoms with van der Waals surface area (Å²) in [4.78, 5) is 0. The normalized spacial score (nSPS) is 18.4. The molecular formula is C22H31BO3. The predicted octanol–water partition coefficient (Wildman–Crippen LogP) is 5.87. The molecule has 3 rings (SSSR count). The fourth-order valence-electron chi connectivity index (χ4n) is 3.30. The van der Waals surface area contributed by atoms with Crippen molar-refractivity contribution in [2.45, 2.75) is 70.9 Å². The molecule has 0 radical (unpaired) electrons. The molecule has 1 heterocycles. The number of benzene rings is 2. The van der Waals surface area contributed by atoms with Gasteiger partial charge in [0, 0.05) is 0 Å². The second kappa shape index (κ2) is 8.02. The van der Waals surface area contributed by atoms with Gasteiger partial charge in [0.25, 0.3) is 0 Å². The van der Waals surface area contributed by atoms with Gasteiger partial charge in [-0.3, -0.25) is 0 Å². The van der Waals surface area contributed by atoms with Crippen LogP contribution in [0.1, 0.15) is 53.4 Å². The van der Waals surface area contributed by atoms with Gasteiger partial charge in [0.15, 0.2) is 0 Å². The van der Waals surface area contributed by atoms with Gasteiger partial charge in [-0.25, -0.2) is 0 Å². The Labute approximate surface area is 158 Å². The standard InChI is InChI=1S/C22H31BO3/c1-21(2)22(3,4)26-23(25-21)15-9-5-6-10-16-24-20-14-13-18-11-7-8-12-19(18)17-20/h7-8,11-14,17H,5-6,9-10,15-16H2,1-4H3. The molecular weight excluding hydrogens is 323 g/mol. The fourth-order valence-corrected chi connectivity index (χ4v) is 3.30. The molecule has 0 atom stereocenters. The van der Waals surface area contributed by atoms with Gasteiger partial charge in [0.1, 0.15) is 5.75 Å². The molecule has 0 bridgehead atoms. The van der Waals surface area contributed by atoms with Crippen molar-refractivity contribution in [2.24, 2.45) is 0 Å². The summed E-state index contributed by atoms with van der Waals surface area (Å²) in [6.07, 6.45) is 5.54. The molecule has 0 saturated carbocycles. The van der Waals surface area contributed by atoms with Gasteiger partial charge in [-0.05, 0) is 63.3 Å². The molecule has 0 spiro atoms. The van der Waals surface area contributed by atoms with Crippen molar-refractivity contribution in [1.29, 1.82) is 0 Å². The summed E-state index contributed by atoms with van der Waals surface area (Å²) in [5.74, 6) is 0.959. The second-order valence-electron chi connectivity index (χ2n) is 8.25. The summed E-state index contributed by atoms with van der Waals surface area (Å²) in [6, 6.07) is 14.7. The Morgan fingerprint density at radius 3 is 2.19 bits per heavy atom. The van der Waals surface area contributed by atoms with Crippen LogP contribution in [-0.4, -0.2) is 24.9 Å². The molecule has 3 nitrogen and oxygen atoms in total. The van der Waals surface area contributed by atoms with Crippen LogP contribution in [0.5, 0.6) is 5.75 Å². The number of hydrogen-bond acceptors (Lipinski definition) is 3. The smallest absolute Gasteiger partial charge is 0.457 e. The lowest BCUT2D eigenvalue weighted by Crippen LogP contribution is -2.41. The van der Waals surface area contributed by atoms with Crippen molar-refractivity contribution in [1.82, 2.24) is 0 Å². The zero-order chi connectivity index (χ0) is 18.6. The third kappa shape index (κ3) is 4.60. The number of rotatable bonds is 8. The van der Waals surface area contributed by atoms with Gasteiger partial charge in [-0.15, -0.1) is 0 Å². The van der Waals surface area contributed by atoms with E-state index in [1.54, 1.807) is 0 Å². The predicted molar refractivity (Wildman–Crippen MR) is 109 cm³/mol. The molecule has 2 aromatic rings. The molecule has 1 aliphatic rings. The van der Waals surface area contributed by atoms with E-state index < -0.39 is 0 Å². The van der Waals surface area contributed by atoms with E-state index in [4.69, 9.17) is 14.0 Å². The van der Waals surface area contributed by atoms with Crippen LogP contribution in [0.15, 0.2) is 42.5 Å². The minimum absolute atomic E-state index is 0.0613. The first kappa shape index (κ1) is 19.3. The van der Waals surface area contributed by atoms with E-state index >= 15 is 0 Å². The molecule has 0 aliphatic carbocycles. The zero-order valence-corrected chi connectivity index (χ0v) is 16.6. The lowest BCUT2D eigenvalue weighted by atomic mass is 9.82. The maximum atomic E-state index is 6.04. The molecule has 0 N–H and O–H groups in total. The van der Waals surface area contributed by atoms with E-state index in [9.17, 15) is 0 Å². The minimum Gasteiger partial charge on any atom is -0.494 e.